The molecule has 0 amide bonds. The summed E-state index contributed by atoms with van der Waals surface area (Å²) in [6.07, 6.45) is 0.685. The van der Waals surface area contributed by atoms with Crippen molar-refractivity contribution in [2.75, 3.05) is 6.54 Å². The Morgan fingerprint density at radius 3 is 2.64 bits per heavy atom. The lowest BCUT2D eigenvalue weighted by atomic mass is 9.99. The Morgan fingerprint density at radius 1 is 1.73 bits per heavy atom. The fourth-order valence-corrected chi connectivity index (χ4v) is 1.30. The summed E-state index contributed by atoms with van der Waals surface area (Å²) >= 11 is 0. The summed E-state index contributed by atoms with van der Waals surface area (Å²) in [5, 5.41) is 11.5. The molecule has 3 heteroatoms. The molecule has 1 unspecified atom stereocenters. The average Bonchev–Trinajstić information content (AvgIpc) is 2.33. The molecule has 1 fully saturated rings. The molecule has 0 saturated carbocycles. The van der Waals surface area contributed by atoms with Gasteiger partial charge in [0.15, 0.2) is 0 Å². The van der Waals surface area contributed by atoms with Crippen molar-refractivity contribution in [3.8, 4) is 0 Å². The standard InChI is InChI=1S/C8H13NO2/c1-5(2)6-3-7(8(10)11)9-4-6/h6-7,9H,1,3-4H2,2H3,(H,10,11)/t6?,7-/m0/s1. The summed E-state index contributed by atoms with van der Waals surface area (Å²) in [7, 11) is 0. The maximum atomic E-state index is 10.5. The topological polar surface area (TPSA) is 49.3 Å². The molecule has 62 valence electrons. The molecular formula is C8H13NO2. The highest BCUT2D eigenvalue weighted by molar-refractivity contribution is 5.73. The zero-order valence-electron chi connectivity index (χ0n) is 6.63. The van der Waals surface area contributed by atoms with Gasteiger partial charge in [0.2, 0.25) is 0 Å². The third-order valence-corrected chi connectivity index (χ3v) is 2.13. The molecule has 1 saturated heterocycles. The van der Waals surface area contributed by atoms with Gasteiger partial charge in [0, 0.05) is 6.54 Å². The number of nitrogens with one attached hydrogen (secondary N) is 1. The van der Waals surface area contributed by atoms with Crippen LogP contribution < -0.4 is 5.32 Å². The number of carbonyl (C=O) groups is 1. The lowest BCUT2D eigenvalue weighted by molar-refractivity contribution is -0.139. The fraction of sp³-hybridized carbons (Fsp3) is 0.625. The first kappa shape index (κ1) is 8.27. The van der Waals surface area contributed by atoms with Crippen molar-refractivity contribution in [3.63, 3.8) is 0 Å². The molecule has 0 aromatic carbocycles. The van der Waals surface area contributed by atoms with E-state index < -0.39 is 5.97 Å². The van der Waals surface area contributed by atoms with E-state index in [1.54, 1.807) is 0 Å². The number of hydrogen-bond donors (Lipinski definition) is 2. The van der Waals surface area contributed by atoms with E-state index >= 15 is 0 Å². The van der Waals surface area contributed by atoms with Crippen molar-refractivity contribution in [2.24, 2.45) is 5.92 Å². The summed E-state index contributed by atoms with van der Waals surface area (Å²) < 4.78 is 0. The van der Waals surface area contributed by atoms with Gasteiger partial charge >= 0.3 is 5.97 Å². The predicted octanol–water partition coefficient (Wildman–Crippen LogP) is 0.625. The van der Waals surface area contributed by atoms with E-state index in [9.17, 15) is 4.79 Å². The van der Waals surface area contributed by atoms with Crippen LogP contribution in [0, 0.1) is 5.92 Å². The molecule has 0 bridgehead atoms. The normalized spacial score (nSPS) is 30.3. The summed E-state index contributed by atoms with van der Waals surface area (Å²) in [4.78, 5) is 10.5. The molecule has 1 heterocycles. The van der Waals surface area contributed by atoms with Gasteiger partial charge in [-0.2, -0.15) is 0 Å². The van der Waals surface area contributed by atoms with E-state index in [0.717, 1.165) is 12.1 Å². The molecule has 11 heavy (non-hydrogen) atoms. The number of rotatable bonds is 2. The smallest absolute Gasteiger partial charge is 0.320 e. The molecule has 0 radical (unpaired) electrons. The van der Waals surface area contributed by atoms with E-state index in [-0.39, 0.29) is 6.04 Å². The van der Waals surface area contributed by atoms with Gasteiger partial charge in [-0.1, -0.05) is 12.2 Å². The third-order valence-electron chi connectivity index (χ3n) is 2.13. The lowest BCUT2D eigenvalue weighted by Crippen LogP contribution is -2.29. The molecule has 1 rings (SSSR count). The van der Waals surface area contributed by atoms with Crippen LogP contribution in [0.2, 0.25) is 0 Å². The number of hydrogen-bond acceptors (Lipinski definition) is 2. The molecule has 2 atom stereocenters. The highest BCUT2D eigenvalue weighted by atomic mass is 16.4. The van der Waals surface area contributed by atoms with E-state index in [1.807, 2.05) is 6.92 Å². The van der Waals surface area contributed by atoms with Crippen LogP contribution in [0.25, 0.3) is 0 Å². The zero-order valence-corrected chi connectivity index (χ0v) is 6.63. The SMILES string of the molecule is C=C(C)C1CN[C@H](C(=O)O)C1. The fourth-order valence-electron chi connectivity index (χ4n) is 1.30. The van der Waals surface area contributed by atoms with Crippen molar-refractivity contribution in [2.45, 2.75) is 19.4 Å². The van der Waals surface area contributed by atoms with Crippen LogP contribution >= 0.6 is 0 Å². The van der Waals surface area contributed by atoms with Crippen LogP contribution in [0.3, 0.4) is 0 Å². The molecule has 0 aromatic rings. The minimum Gasteiger partial charge on any atom is -0.480 e. The predicted molar refractivity (Wildman–Crippen MR) is 42.3 cm³/mol. The highest BCUT2D eigenvalue weighted by Gasteiger charge is 2.28. The van der Waals surface area contributed by atoms with E-state index in [1.165, 1.54) is 0 Å². The van der Waals surface area contributed by atoms with Crippen molar-refractivity contribution in [1.82, 2.24) is 5.32 Å². The Bertz CT molecular complexity index is 169. The monoisotopic (exact) mass is 155 g/mol. The van der Waals surface area contributed by atoms with Crippen LogP contribution in [0.5, 0.6) is 0 Å². The van der Waals surface area contributed by atoms with Crippen molar-refractivity contribution in [1.29, 1.82) is 0 Å². The van der Waals surface area contributed by atoms with Crippen LogP contribution in [-0.4, -0.2) is 23.7 Å². The first-order chi connectivity index (χ1) is 5.11. The molecular weight excluding hydrogens is 142 g/mol. The zero-order chi connectivity index (χ0) is 8.43. The van der Waals surface area contributed by atoms with Gasteiger partial charge < -0.3 is 10.4 Å². The van der Waals surface area contributed by atoms with Gasteiger partial charge in [0.1, 0.15) is 6.04 Å². The molecule has 1 aliphatic heterocycles. The van der Waals surface area contributed by atoms with E-state index in [2.05, 4.69) is 11.9 Å². The maximum absolute atomic E-state index is 10.5. The molecule has 2 N–H and O–H groups in total. The van der Waals surface area contributed by atoms with Crippen LogP contribution in [0.4, 0.5) is 0 Å². The van der Waals surface area contributed by atoms with Gasteiger partial charge in [-0.25, -0.2) is 0 Å². The van der Waals surface area contributed by atoms with Crippen LogP contribution in [0.1, 0.15) is 13.3 Å². The highest BCUT2D eigenvalue weighted by Crippen LogP contribution is 2.20. The quantitative estimate of drug-likeness (QED) is 0.575. The van der Waals surface area contributed by atoms with Gasteiger partial charge in [-0.3, -0.25) is 4.79 Å². The first-order valence-electron chi connectivity index (χ1n) is 3.73. The Hall–Kier alpha value is -0.830. The van der Waals surface area contributed by atoms with Crippen molar-refractivity contribution < 1.29 is 9.90 Å². The minimum atomic E-state index is -0.756. The first-order valence-corrected chi connectivity index (χ1v) is 3.73. The van der Waals surface area contributed by atoms with Gasteiger partial charge in [-0.15, -0.1) is 0 Å². The third kappa shape index (κ3) is 1.80. The van der Waals surface area contributed by atoms with Gasteiger partial charge in [-0.05, 0) is 19.3 Å². The summed E-state index contributed by atoms with van der Waals surface area (Å²) in [6, 6.07) is -0.364. The molecule has 1 aliphatic rings. The maximum Gasteiger partial charge on any atom is 0.320 e. The Labute approximate surface area is 66.1 Å². The second kappa shape index (κ2) is 3.05. The average molecular weight is 155 g/mol. The minimum absolute atomic E-state index is 0.344. The molecule has 0 spiro atoms. The van der Waals surface area contributed by atoms with Gasteiger partial charge in [0.25, 0.3) is 0 Å². The number of carboxylic acid groups (broad SMARTS) is 1. The molecule has 0 aromatic heterocycles. The summed E-state index contributed by atoms with van der Waals surface area (Å²) in [5.41, 5.74) is 1.07. The Morgan fingerprint density at radius 2 is 2.36 bits per heavy atom. The van der Waals surface area contributed by atoms with Crippen molar-refractivity contribution >= 4 is 5.97 Å². The van der Waals surface area contributed by atoms with Crippen LogP contribution in [0.15, 0.2) is 12.2 Å². The molecule has 0 aliphatic carbocycles. The molecule has 3 nitrogen and oxygen atoms in total. The number of carboxylic acids is 1. The second-order valence-corrected chi connectivity index (χ2v) is 3.08. The van der Waals surface area contributed by atoms with Gasteiger partial charge in [0.05, 0.1) is 0 Å². The number of aliphatic carboxylic acids is 1. The second-order valence-electron chi connectivity index (χ2n) is 3.08. The van der Waals surface area contributed by atoms with E-state index in [4.69, 9.17) is 5.11 Å². The van der Waals surface area contributed by atoms with Crippen molar-refractivity contribution in [3.05, 3.63) is 12.2 Å². The van der Waals surface area contributed by atoms with E-state index in [0.29, 0.717) is 12.3 Å². The van der Waals surface area contributed by atoms with Crippen LogP contribution in [-0.2, 0) is 4.79 Å². The largest absolute Gasteiger partial charge is 0.480 e. The lowest BCUT2D eigenvalue weighted by Gasteiger charge is -2.05. The summed E-state index contributed by atoms with van der Waals surface area (Å²) in [6.45, 7) is 6.50. The Balaban J connectivity index is 2.47. The summed E-state index contributed by atoms with van der Waals surface area (Å²) in [5.74, 6) is -0.412. The Kier molecular flexibility index (Phi) is 2.29.